The van der Waals surface area contributed by atoms with Gasteiger partial charge in [0.1, 0.15) is 0 Å². The Balaban J connectivity index is 3.31. The number of aryl methyl sites for hydroxylation is 1. The van der Waals surface area contributed by atoms with Gasteiger partial charge in [-0.25, -0.2) is 8.78 Å². The van der Waals surface area contributed by atoms with E-state index in [1.165, 1.54) is 13.2 Å². The zero-order valence-electron chi connectivity index (χ0n) is 7.85. The molecule has 0 fully saturated rings. The quantitative estimate of drug-likeness (QED) is 0.732. The zero-order valence-corrected chi connectivity index (χ0v) is 8.61. The van der Waals surface area contributed by atoms with Gasteiger partial charge in [0.2, 0.25) is 0 Å². The van der Waals surface area contributed by atoms with E-state index in [2.05, 4.69) is 4.98 Å². The lowest BCUT2D eigenvalue weighted by molar-refractivity contribution is 0.146. The second-order valence-corrected chi connectivity index (χ2v) is 3.03. The monoisotopic (exact) mass is 221 g/mol. The highest BCUT2D eigenvalue weighted by molar-refractivity contribution is 6.17. The fourth-order valence-corrected chi connectivity index (χ4v) is 1.42. The van der Waals surface area contributed by atoms with Gasteiger partial charge >= 0.3 is 0 Å². The third-order valence-corrected chi connectivity index (χ3v) is 2.02. The molecular weight excluding hydrogens is 212 g/mol. The topological polar surface area (TPSA) is 22.1 Å². The van der Waals surface area contributed by atoms with E-state index in [0.29, 0.717) is 11.4 Å². The number of aromatic nitrogens is 1. The van der Waals surface area contributed by atoms with Crippen molar-refractivity contribution in [3.63, 3.8) is 0 Å². The predicted octanol–water partition coefficient (Wildman–Crippen LogP) is 3.08. The molecule has 0 saturated heterocycles. The molecule has 0 aromatic carbocycles. The highest BCUT2D eigenvalue weighted by Gasteiger charge is 2.18. The van der Waals surface area contributed by atoms with Crippen LogP contribution in [0.2, 0.25) is 0 Å². The molecule has 0 aliphatic rings. The molecule has 0 N–H and O–H groups in total. The molecule has 2 nitrogen and oxygen atoms in total. The van der Waals surface area contributed by atoms with Gasteiger partial charge in [-0.2, -0.15) is 0 Å². The van der Waals surface area contributed by atoms with E-state index in [4.69, 9.17) is 16.3 Å². The van der Waals surface area contributed by atoms with E-state index >= 15 is 0 Å². The van der Waals surface area contributed by atoms with Crippen LogP contribution in [-0.4, -0.2) is 12.1 Å². The minimum Gasteiger partial charge on any atom is -0.494 e. The maximum absolute atomic E-state index is 12.6. The van der Waals surface area contributed by atoms with E-state index in [1.807, 2.05) is 0 Å². The minimum atomic E-state index is -2.58. The first-order chi connectivity index (χ1) is 6.60. The van der Waals surface area contributed by atoms with Crippen LogP contribution in [0.3, 0.4) is 0 Å². The summed E-state index contributed by atoms with van der Waals surface area (Å²) >= 11 is 5.57. The van der Waals surface area contributed by atoms with Crippen molar-refractivity contribution >= 4 is 11.6 Å². The van der Waals surface area contributed by atoms with Crippen LogP contribution in [-0.2, 0) is 5.88 Å². The highest BCUT2D eigenvalue weighted by atomic mass is 35.5. The van der Waals surface area contributed by atoms with Gasteiger partial charge in [0.05, 0.1) is 24.2 Å². The third kappa shape index (κ3) is 2.12. The third-order valence-electron chi connectivity index (χ3n) is 1.77. The van der Waals surface area contributed by atoms with Gasteiger partial charge in [0.15, 0.2) is 5.75 Å². The van der Waals surface area contributed by atoms with E-state index in [9.17, 15) is 8.78 Å². The Hall–Kier alpha value is -0.900. The first kappa shape index (κ1) is 11.2. The normalized spacial score (nSPS) is 10.7. The maximum Gasteiger partial charge on any atom is 0.267 e. The Morgan fingerprint density at radius 3 is 2.64 bits per heavy atom. The molecule has 0 amide bonds. The number of rotatable bonds is 3. The summed E-state index contributed by atoms with van der Waals surface area (Å²) in [5.74, 6) is 0.144. The predicted molar refractivity (Wildman–Crippen MR) is 50.0 cm³/mol. The molecule has 78 valence electrons. The number of pyridine rings is 1. The molecule has 1 rings (SSSR count). The van der Waals surface area contributed by atoms with Crippen LogP contribution < -0.4 is 4.74 Å². The van der Waals surface area contributed by atoms with Gasteiger partial charge in [-0.15, -0.1) is 11.6 Å². The van der Waals surface area contributed by atoms with Crippen LogP contribution >= 0.6 is 11.6 Å². The number of methoxy groups -OCH3 is 1. The van der Waals surface area contributed by atoms with E-state index < -0.39 is 6.43 Å². The van der Waals surface area contributed by atoms with Crippen LogP contribution in [0.15, 0.2) is 6.07 Å². The molecular formula is C9H10ClF2NO. The van der Waals surface area contributed by atoms with E-state index in [-0.39, 0.29) is 17.2 Å². The lowest BCUT2D eigenvalue weighted by Gasteiger charge is -2.11. The van der Waals surface area contributed by atoms with Crippen molar-refractivity contribution in [3.8, 4) is 5.75 Å². The molecule has 0 radical (unpaired) electrons. The summed E-state index contributed by atoms with van der Waals surface area (Å²) in [7, 11) is 1.33. The summed E-state index contributed by atoms with van der Waals surface area (Å²) < 4.78 is 30.0. The molecule has 5 heteroatoms. The number of hydrogen-bond acceptors (Lipinski definition) is 2. The fourth-order valence-electron chi connectivity index (χ4n) is 1.24. The zero-order chi connectivity index (χ0) is 10.7. The lowest BCUT2D eigenvalue weighted by Crippen LogP contribution is -2.01. The van der Waals surface area contributed by atoms with Crippen molar-refractivity contribution in [2.45, 2.75) is 19.2 Å². The fraction of sp³-hybridized carbons (Fsp3) is 0.444. The number of halogens is 3. The first-order valence-electron chi connectivity index (χ1n) is 3.98. The molecule has 0 aliphatic carbocycles. The van der Waals surface area contributed by atoms with Crippen LogP contribution in [0.4, 0.5) is 8.78 Å². The van der Waals surface area contributed by atoms with Crippen LogP contribution in [0.1, 0.15) is 23.4 Å². The molecule has 0 saturated carbocycles. The average Bonchev–Trinajstić information content (AvgIpc) is 2.16. The first-order valence-corrected chi connectivity index (χ1v) is 4.52. The van der Waals surface area contributed by atoms with Crippen molar-refractivity contribution in [2.75, 3.05) is 7.11 Å². The standard InChI is InChI=1S/C9H10ClF2NO/c1-5-3-6(9(11)12)8(14-2)7(4-10)13-5/h3,9H,4H2,1-2H3. The molecule has 1 heterocycles. The number of hydrogen-bond donors (Lipinski definition) is 0. The summed E-state index contributed by atoms with van der Waals surface area (Å²) in [6.45, 7) is 1.64. The van der Waals surface area contributed by atoms with Gasteiger partial charge in [-0.1, -0.05) is 0 Å². The Morgan fingerprint density at radius 2 is 2.21 bits per heavy atom. The molecule has 1 aromatic rings. The lowest BCUT2D eigenvalue weighted by atomic mass is 10.2. The number of alkyl halides is 3. The van der Waals surface area contributed by atoms with Crippen LogP contribution in [0.5, 0.6) is 5.75 Å². The number of ether oxygens (including phenoxy) is 1. The van der Waals surface area contributed by atoms with Gasteiger partial charge < -0.3 is 4.74 Å². The molecule has 1 aromatic heterocycles. The van der Waals surface area contributed by atoms with E-state index in [1.54, 1.807) is 6.92 Å². The van der Waals surface area contributed by atoms with Crippen molar-refractivity contribution in [3.05, 3.63) is 23.0 Å². The second-order valence-electron chi connectivity index (χ2n) is 2.77. The van der Waals surface area contributed by atoms with Gasteiger partial charge in [0.25, 0.3) is 6.43 Å². The maximum atomic E-state index is 12.6. The Labute approximate surface area is 85.9 Å². The summed E-state index contributed by atoms with van der Waals surface area (Å²) in [6.07, 6.45) is -2.58. The summed E-state index contributed by atoms with van der Waals surface area (Å²) in [5, 5.41) is 0. The van der Waals surface area contributed by atoms with Crippen LogP contribution in [0.25, 0.3) is 0 Å². The molecule has 0 spiro atoms. The summed E-state index contributed by atoms with van der Waals surface area (Å²) in [5.41, 5.74) is 0.705. The molecule has 0 aliphatic heterocycles. The van der Waals surface area contributed by atoms with Gasteiger partial charge in [-0.05, 0) is 13.0 Å². The molecule has 0 atom stereocenters. The van der Waals surface area contributed by atoms with Crippen molar-refractivity contribution in [2.24, 2.45) is 0 Å². The summed E-state index contributed by atoms with van der Waals surface area (Å²) in [6, 6.07) is 1.31. The van der Waals surface area contributed by atoms with Crippen molar-refractivity contribution in [1.82, 2.24) is 4.98 Å². The van der Waals surface area contributed by atoms with Crippen LogP contribution in [0, 0.1) is 6.92 Å². The Morgan fingerprint density at radius 1 is 1.57 bits per heavy atom. The molecule has 0 unspecified atom stereocenters. The second kappa shape index (κ2) is 4.55. The Bertz CT molecular complexity index is 331. The number of nitrogens with zero attached hydrogens (tertiary/aromatic N) is 1. The van der Waals surface area contributed by atoms with Crippen molar-refractivity contribution < 1.29 is 13.5 Å². The highest BCUT2D eigenvalue weighted by Crippen LogP contribution is 2.32. The summed E-state index contributed by atoms with van der Waals surface area (Å²) in [4.78, 5) is 4.02. The van der Waals surface area contributed by atoms with E-state index in [0.717, 1.165) is 0 Å². The Kier molecular flexibility index (Phi) is 3.63. The van der Waals surface area contributed by atoms with Crippen molar-refractivity contribution in [1.29, 1.82) is 0 Å². The smallest absolute Gasteiger partial charge is 0.267 e. The largest absolute Gasteiger partial charge is 0.494 e. The van der Waals surface area contributed by atoms with Gasteiger partial charge in [-0.3, -0.25) is 4.98 Å². The molecule has 0 bridgehead atoms. The van der Waals surface area contributed by atoms with Gasteiger partial charge in [0, 0.05) is 5.69 Å². The SMILES string of the molecule is COc1c(C(F)F)cc(C)nc1CCl. The minimum absolute atomic E-state index is 0.0601. The average molecular weight is 222 g/mol. The molecule has 14 heavy (non-hydrogen) atoms.